The number of amides is 1. The molecule has 1 saturated carbocycles. The number of hydrogen-bond donors (Lipinski definition) is 3. The van der Waals surface area contributed by atoms with E-state index in [9.17, 15) is 4.79 Å². The smallest absolute Gasteiger partial charge is 0.246 e. The molecule has 0 aromatic heterocycles. The summed E-state index contributed by atoms with van der Waals surface area (Å²) >= 11 is 0. The standard InChI is InChI=1S/C14H20N4O.HI/c1-2-15-14(18-12-8-9-12)16-10-13(19)17-11-6-4-3-5-7-11;/h3-7,12H,2,8-10H2,1H3,(H,17,19)(H2,15,16,18);1H. The summed E-state index contributed by atoms with van der Waals surface area (Å²) in [5.74, 6) is 0.604. The van der Waals surface area contributed by atoms with E-state index in [1.54, 1.807) is 0 Å². The topological polar surface area (TPSA) is 65.5 Å². The molecule has 1 aromatic carbocycles. The number of benzene rings is 1. The average molecular weight is 388 g/mol. The molecule has 110 valence electrons. The van der Waals surface area contributed by atoms with Gasteiger partial charge in [0, 0.05) is 18.3 Å². The van der Waals surface area contributed by atoms with Gasteiger partial charge >= 0.3 is 0 Å². The summed E-state index contributed by atoms with van der Waals surface area (Å²) in [6, 6.07) is 9.92. The third-order valence-corrected chi connectivity index (χ3v) is 2.70. The predicted octanol–water partition coefficient (Wildman–Crippen LogP) is 1.96. The van der Waals surface area contributed by atoms with E-state index in [1.165, 1.54) is 12.8 Å². The Hall–Kier alpha value is -1.31. The van der Waals surface area contributed by atoms with Crippen molar-refractivity contribution in [1.82, 2.24) is 10.6 Å². The number of halogens is 1. The Morgan fingerprint density at radius 2 is 2.00 bits per heavy atom. The Labute approximate surface area is 136 Å². The second-order valence-corrected chi connectivity index (χ2v) is 4.53. The average Bonchev–Trinajstić information content (AvgIpc) is 3.21. The summed E-state index contributed by atoms with van der Waals surface area (Å²) in [5, 5.41) is 9.21. The highest BCUT2D eigenvalue weighted by Gasteiger charge is 2.22. The van der Waals surface area contributed by atoms with E-state index < -0.39 is 0 Å². The number of aliphatic imine (C=N–C) groups is 1. The van der Waals surface area contributed by atoms with Crippen LogP contribution in [0.4, 0.5) is 5.69 Å². The largest absolute Gasteiger partial charge is 0.357 e. The van der Waals surface area contributed by atoms with Crippen molar-refractivity contribution >= 4 is 41.5 Å². The number of anilines is 1. The highest BCUT2D eigenvalue weighted by atomic mass is 127. The molecule has 5 nitrogen and oxygen atoms in total. The summed E-state index contributed by atoms with van der Waals surface area (Å²) in [5.41, 5.74) is 0.794. The van der Waals surface area contributed by atoms with Crippen LogP contribution in [0.5, 0.6) is 0 Å². The fourth-order valence-corrected chi connectivity index (χ4v) is 1.61. The van der Waals surface area contributed by atoms with Crippen molar-refractivity contribution in [3.8, 4) is 0 Å². The van der Waals surface area contributed by atoms with E-state index in [-0.39, 0.29) is 36.4 Å². The zero-order valence-electron chi connectivity index (χ0n) is 11.6. The number of nitrogens with zero attached hydrogens (tertiary/aromatic N) is 1. The molecule has 0 radical (unpaired) electrons. The molecule has 1 aliphatic carbocycles. The first-order valence-electron chi connectivity index (χ1n) is 6.67. The van der Waals surface area contributed by atoms with Crippen LogP contribution in [0.3, 0.4) is 0 Å². The maximum absolute atomic E-state index is 11.7. The number of guanidine groups is 1. The highest BCUT2D eigenvalue weighted by Crippen LogP contribution is 2.18. The molecule has 0 heterocycles. The summed E-state index contributed by atoms with van der Waals surface area (Å²) in [6.07, 6.45) is 2.36. The predicted molar refractivity (Wildman–Crippen MR) is 92.6 cm³/mol. The van der Waals surface area contributed by atoms with Crippen LogP contribution in [-0.4, -0.2) is 31.0 Å². The van der Waals surface area contributed by atoms with Gasteiger partial charge in [-0.15, -0.1) is 24.0 Å². The van der Waals surface area contributed by atoms with Gasteiger partial charge in [0.1, 0.15) is 6.54 Å². The molecule has 6 heteroatoms. The molecule has 2 rings (SSSR count). The van der Waals surface area contributed by atoms with Crippen LogP contribution in [0, 0.1) is 0 Å². The maximum atomic E-state index is 11.7. The lowest BCUT2D eigenvalue weighted by molar-refractivity contribution is -0.114. The van der Waals surface area contributed by atoms with Gasteiger partial charge in [0.2, 0.25) is 5.91 Å². The number of hydrogen-bond acceptors (Lipinski definition) is 2. The number of rotatable bonds is 5. The van der Waals surface area contributed by atoms with E-state index >= 15 is 0 Å². The van der Waals surface area contributed by atoms with E-state index in [0.29, 0.717) is 12.0 Å². The van der Waals surface area contributed by atoms with Crippen LogP contribution in [0.15, 0.2) is 35.3 Å². The Bertz CT molecular complexity index is 446. The van der Waals surface area contributed by atoms with Gasteiger partial charge in [-0.3, -0.25) is 4.79 Å². The zero-order chi connectivity index (χ0) is 13.5. The van der Waals surface area contributed by atoms with Gasteiger partial charge in [-0.25, -0.2) is 4.99 Å². The van der Waals surface area contributed by atoms with E-state index in [0.717, 1.165) is 12.2 Å². The molecular formula is C14H21IN4O. The van der Waals surface area contributed by atoms with Gasteiger partial charge < -0.3 is 16.0 Å². The Morgan fingerprint density at radius 3 is 2.60 bits per heavy atom. The van der Waals surface area contributed by atoms with Crippen molar-refractivity contribution in [2.45, 2.75) is 25.8 Å². The van der Waals surface area contributed by atoms with Crippen LogP contribution < -0.4 is 16.0 Å². The first-order chi connectivity index (χ1) is 9.28. The van der Waals surface area contributed by atoms with Crippen molar-refractivity contribution in [3.05, 3.63) is 30.3 Å². The molecule has 1 amide bonds. The minimum atomic E-state index is -0.112. The normalized spacial score (nSPS) is 14.2. The molecule has 0 aliphatic heterocycles. The third kappa shape index (κ3) is 6.23. The molecule has 0 bridgehead atoms. The van der Waals surface area contributed by atoms with Crippen LogP contribution in [-0.2, 0) is 4.79 Å². The van der Waals surface area contributed by atoms with E-state index in [4.69, 9.17) is 0 Å². The lowest BCUT2D eigenvalue weighted by atomic mass is 10.3. The maximum Gasteiger partial charge on any atom is 0.246 e. The third-order valence-electron chi connectivity index (χ3n) is 2.70. The molecule has 0 unspecified atom stereocenters. The Kier molecular flexibility index (Phi) is 7.35. The number of carbonyl (C=O) groups is 1. The Balaban J connectivity index is 0.00000200. The first kappa shape index (κ1) is 16.7. The van der Waals surface area contributed by atoms with Crippen molar-refractivity contribution in [3.63, 3.8) is 0 Å². The second-order valence-electron chi connectivity index (χ2n) is 4.53. The molecule has 1 aromatic rings. The summed E-state index contributed by atoms with van der Waals surface area (Å²) in [7, 11) is 0. The van der Waals surface area contributed by atoms with Crippen molar-refractivity contribution in [1.29, 1.82) is 0 Å². The molecule has 0 atom stereocenters. The first-order valence-corrected chi connectivity index (χ1v) is 6.67. The van der Waals surface area contributed by atoms with E-state index in [2.05, 4.69) is 20.9 Å². The number of nitrogens with one attached hydrogen (secondary N) is 3. The monoisotopic (exact) mass is 388 g/mol. The summed E-state index contributed by atoms with van der Waals surface area (Å²) in [4.78, 5) is 16.0. The highest BCUT2D eigenvalue weighted by molar-refractivity contribution is 14.0. The minimum Gasteiger partial charge on any atom is -0.357 e. The van der Waals surface area contributed by atoms with Gasteiger partial charge in [0.25, 0.3) is 0 Å². The quantitative estimate of drug-likeness (QED) is 0.411. The van der Waals surface area contributed by atoms with Gasteiger partial charge in [-0.1, -0.05) is 18.2 Å². The lowest BCUT2D eigenvalue weighted by Crippen LogP contribution is -2.39. The summed E-state index contributed by atoms with van der Waals surface area (Å²) in [6.45, 7) is 2.92. The van der Waals surface area contributed by atoms with Crippen LogP contribution in [0.25, 0.3) is 0 Å². The van der Waals surface area contributed by atoms with Gasteiger partial charge in [0.05, 0.1) is 0 Å². The molecule has 20 heavy (non-hydrogen) atoms. The molecule has 3 N–H and O–H groups in total. The van der Waals surface area contributed by atoms with Gasteiger partial charge in [-0.05, 0) is 31.9 Å². The van der Waals surface area contributed by atoms with E-state index in [1.807, 2.05) is 37.3 Å². The fraction of sp³-hybridized carbons (Fsp3) is 0.429. The zero-order valence-corrected chi connectivity index (χ0v) is 13.9. The lowest BCUT2D eigenvalue weighted by Gasteiger charge is -2.10. The molecule has 1 aliphatic rings. The Morgan fingerprint density at radius 1 is 1.30 bits per heavy atom. The molecule has 0 spiro atoms. The summed E-state index contributed by atoms with van der Waals surface area (Å²) < 4.78 is 0. The van der Waals surface area contributed by atoms with Crippen molar-refractivity contribution in [2.24, 2.45) is 4.99 Å². The fourth-order valence-electron chi connectivity index (χ4n) is 1.61. The van der Waals surface area contributed by atoms with Crippen molar-refractivity contribution in [2.75, 3.05) is 18.4 Å². The van der Waals surface area contributed by atoms with Crippen LogP contribution in [0.2, 0.25) is 0 Å². The number of carbonyl (C=O) groups excluding carboxylic acids is 1. The molecule has 1 fully saturated rings. The minimum absolute atomic E-state index is 0. The van der Waals surface area contributed by atoms with Crippen molar-refractivity contribution < 1.29 is 4.79 Å². The van der Waals surface area contributed by atoms with Crippen LogP contribution >= 0.6 is 24.0 Å². The molecular weight excluding hydrogens is 367 g/mol. The second kappa shape index (κ2) is 8.78. The SMILES string of the molecule is CCNC(=NCC(=O)Nc1ccccc1)NC1CC1.I. The number of para-hydroxylation sites is 1. The van der Waals surface area contributed by atoms with Gasteiger partial charge in [-0.2, -0.15) is 0 Å². The van der Waals surface area contributed by atoms with Crippen LogP contribution in [0.1, 0.15) is 19.8 Å². The molecule has 0 saturated heterocycles. The van der Waals surface area contributed by atoms with Gasteiger partial charge in [0.15, 0.2) is 5.96 Å².